The van der Waals surface area contributed by atoms with Gasteiger partial charge in [0.1, 0.15) is 0 Å². The molecule has 2 atom stereocenters. The highest BCUT2D eigenvalue weighted by Gasteiger charge is 2.32. The Bertz CT molecular complexity index is 481. The molecule has 2 rings (SSSR count). The fourth-order valence-electron chi connectivity index (χ4n) is 2.71. The molecular weight excluding hydrogens is 288 g/mol. The zero-order chi connectivity index (χ0) is 15.2. The molecule has 0 aromatic heterocycles. The molecule has 1 N–H and O–H groups in total. The molecule has 1 fully saturated rings. The first kappa shape index (κ1) is 16.3. The largest absolute Gasteiger partial charge is 0.375 e. The Labute approximate surface area is 131 Å². The molecule has 1 aromatic carbocycles. The van der Waals surface area contributed by atoms with Crippen molar-refractivity contribution in [3.8, 4) is 0 Å². The van der Waals surface area contributed by atoms with E-state index in [0.29, 0.717) is 19.4 Å². The molecule has 1 aromatic rings. The Morgan fingerprint density at radius 3 is 2.90 bits per heavy atom. The molecule has 4 nitrogen and oxygen atoms in total. The first-order valence-electron chi connectivity index (χ1n) is 7.43. The summed E-state index contributed by atoms with van der Waals surface area (Å²) in [5.74, 6) is 0.0555. The van der Waals surface area contributed by atoms with Gasteiger partial charge in [-0.1, -0.05) is 29.8 Å². The van der Waals surface area contributed by atoms with E-state index in [1.807, 2.05) is 38.2 Å². The molecule has 1 heterocycles. The molecule has 5 heteroatoms. The highest BCUT2D eigenvalue weighted by molar-refractivity contribution is 6.31. The average molecular weight is 311 g/mol. The van der Waals surface area contributed by atoms with E-state index in [1.54, 1.807) is 0 Å². The number of likely N-dealkylation sites (tertiary alicyclic amines) is 1. The lowest BCUT2D eigenvalue weighted by Gasteiger charge is -2.19. The highest BCUT2D eigenvalue weighted by Crippen LogP contribution is 2.17. The molecule has 0 unspecified atom stereocenters. The van der Waals surface area contributed by atoms with Crippen molar-refractivity contribution in [2.24, 2.45) is 0 Å². The van der Waals surface area contributed by atoms with Crippen molar-refractivity contribution >= 4 is 17.5 Å². The van der Waals surface area contributed by atoms with Crippen molar-refractivity contribution in [3.63, 3.8) is 0 Å². The summed E-state index contributed by atoms with van der Waals surface area (Å²) in [5, 5.41) is 3.81. The van der Waals surface area contributed by atoms with E-state index >= 15 is 0 Å². The Balaban J connectivity index is 1.83. The summed E-state index contributed by atoms with van der Waals surface area (Å²) in [6.45, 7) is 4.35. The number of carbonyl (C=O) groups excluding carboxylic acids is 1. The zero-order valence-electron chi connectivity index (χ0n) is 12.6. The van der Waals surface area contributed by atoms with Gasteiger partial charge in [-0.15, -0.1) is 0 Å². The van der Waals surface area contributed by atoms with E-state index in [0.717, 1.165) is 23.7 Å². The van der Waals surface area contributed by atoms with Crippen LogP contribution in [-0.2, 0) is 16.0 Å². The Morgan fingerprint density at radius 1 is 1.43 bits per heavy atom. The molecule has 0 bridgehead atoms. The summed E-state index contributed by atoms with van der Waals surface area (Å²) >= 11 is 6.10. The first-order valence-corrected chi connectivity index (χ1v) is 7.81. The maximum atomic E-state index is 12.1. The number of hydrogen-bond donors (Lipinski definition) is 1. The number of aryl methyl sites for hydroxylation is 1. The first-order chi connectivity index (χ1) is 10.1. The molecule has 0 radical (unpaired) electrons. The number of nitrogens with zero attached hydrogens (tertiary/aromatic N) is 1. The number of halogens is 1. The van der Waals surface area contributed by atoms with Gasteiger partial charge in [0.05, 0.1) is 12.1 Å². The molecule has 116 valence electrons. The third-order valence-electron chi connectivity index (χ3n) is 3.76. The Morgan fingerprint density at radius 2 is 2.19 bits per heavy atom. The lowest BCUT2D eigenvalue weighted by atomic mass is 10.1. The predicted molar refractivity (Wildman–Crippen MR) is 84.6 cm³/mol. The second-order valence-electron chi connectivity index (χ2n) is 5.48. The van der Waals surface area contributed by atoms with E-state index < -0.39 is 0 Å². The number of hydrogen-bond acceptors (Lipinski definition) is 3. The van der Waals surface area contributed by atoms with Crippen LogP contribution in [0, 0.1) is 0 Å². The Hall–Kier alpha value is -1.10. The lowest BCUT2D eigenvalue weighted by molar-refractivity contribution is -0.122. The number of amides is 1. The minimum atomic E-state index is 0.0555. The molecule has 0 spiro atoms. The minimum Gasteiger partial charge on any atom is -0.375 e. The number of benzene rings is 1. The molecule has 21 heavy (non-hydrogen) atoms. The topological polar surface area (TPSA) is 41.6 Å². The van der Waals surface area contributed by atoms with Gasteiger partial charge in [0.15, 0.2) is 0 Å². The van der Waals surface area contributed by atoms with Crippen molar-refractivity contribution in [1.29, 1.82) is 0 Å². The van der Waals surface area contributed by atoms with Gasteiger partial charge in [0.25, 0.3) is 0 Å². The van der Waals surface area contributed by atoms with Gasteiger partial charge in [-0.3, -0.25) is 4.79 Å². The van der Waals surface area contributed by atoms with E-state index in [4.69, 9.17) is 16.3 Å². The molecular formula is C16H23ClN2O2. The summed E-state index contributed by atoms with van der Waals surface area (Å²) in [6.07, 6.45) is 1.19. The number of rotatable bonds is 6. The van der Waals surface area contributed by atoms with Crippen LogP contribution in [0.25, 0.3) is 0 Å². The summed E-state index contributed by atoms with van der Waals surface area (Å²) in [4.78, 5) is 14.3. The standard InChI is InChI=1S/C16H23ClN2O2/c1-3-21-15-11-19(2)10-14(15)18-16(20)9-8-12-6-4-5-7-13(12)17/h4-7,14-15H,3,8-11H2,1-2H3,(H,18,20)/t14-,15-/m1/s1. The van der Waals surface area contributed by atoms with Crippen molar-refractivity contribution in [3.05, 3.63) is 34.9 Å². The summed E-state index contributed by atoms with van der Waals surface area (Å²) in [7, 11) is 2.04. The summed E-state index contributed by atoms with van der Waals surface area (Å²) < 4.78 is 5.69. The van der Waals surface area contributed by atoms with Crippen LogP contribution in [0.15, 0.2) is 24.3 Å². The Kier molecular flexibility index (Phi) is 6.03. The molecule has 1 amide bonds. The molecule has 1 aliphatic heterocycles. The van der Waals surface area contributed by atoms with Gasteiger partial charge in [-0.25, -0.2) is 0 Å². The zero-order valence-corrected chi connectivity index (χ0v) is 13.4. The predicted octanol–water partition coefficient (Wildman–Crippen LogP) is 2.11. The van der Waals surface area contributed by atoms with Gasteiger partial charge < -0.3 is 15.0 Å². The second-order valence-corrected chi connectivity index (χ2v) is 5.89. The minimum absolute atomic E-state index is 0.0555. The highest BCUT2D eigenvalue weighted by atomic mass is 35.5. The van der Waals surface area contributed by atoms with Gasteiger partial charge in [-0.05, 0) is 32.0 Å². The van der Waals surface area contributed by atoms with Crippen molar-refractivity contribution in [2.75, 3.05) is 26.7 Å². The van der Waals surface area contributed by atoms with Crippen LogP contribution >= 0.6 is 11.6 Å². The van der Waals surface area contributed by atoms with Crippen molar-refractivity contribution < 1.29 is 9.53 Å². The fraction of sp³-hybridized carbons (Fsp3) is 0.562. The van der Waals surface area contributed by atoms with E-state index in [9.17, 15) is 4.79 Å². The number of nitrogens with one attached hydrogen (secondary N) is 1. The molecule has 1 aliphatic rings. The average Bonchev–Trinajstić information content (AvgIpc) is 2.78. The quantitative estimate of drug-likeness (QED) is 0.875. The second kappa shape index (κ2) is 7.78. The van der Waals surface area contributed by atoms with Crippen molar-refractivity contribution in [2.45, 2.75) is 31.9 Å². The normalized spacial score (nSPS) is 22.4. The van der Waals surface area contributed by atoms with Crippen LogP contribution in [0.3, 0.4) is 0 Å². The third kappa shape index (κ3) is 4.70. The maximum absolute atomic E-state index is 12.1. The van der Waals surface area contributed by atoms with Crippen LogP contribution in [0.1, 0.15) is 18.9 Å². The lowest BCUT2D eigenvalue weighted by Crippen LogP contribution is -2.44. The van der Waals surface area contributed by atoms with E-state index in [1.165, 1.54) is 0 Å². The number of carbonyl (C=O) groups is 1. The molecule has 0 saturated carbocycles. The van der Waals surface area contributed by atoms with Gasteiger partial charge in [0.2, 0.25) is 5.91 Å². The van der Waals surface area contributed by atoms with E-state index in [-0.39, 0.29) is 18.1 Å². The number of ether oxygens (including phenoxy) is 1. The summed E-state index contributed by atoms with van der Waals surface area (Å²) in [6, 6.07) is 7.73. The summed E-state index contributed by atoms with van der Waals surface area (Å²) in [5.41, 5.74) is 1.01. The monoisotopic (exact) mass is 310 g/mol. The van der Waals surface area contributed by atoms with Gasteiger partial charge in [0, 0.05) is 31.1 Å². The van der Waals surface area contributed by atoms with Crippen LogP contribution < -0.4 is 5.32 Å². The smallest absolute Gasteiger partial charge is 0.220 e. The van der Waals surface area contributed by atoms with Crippen LogP contribution in [0.4, 0.5) is 0 Å². The van der Waals surface area contributed by atoms with Gasteiger partial charge >= 0.3 is 0 Å². The number of likely N-dealkylation sites (N-methyl/N-ethyl adjacent to an activating group) is 1. The fourth-order valence-corrected chi connectivity index (χ4v) is 2.94. The van der Waals surface area contributed by atoms with Crippen LogP contribution in [0.5, 0.6) is 0 Å². The maximum Gasteiger partial charge on any atom is 0.220 e. The van der Waals surface area contributed by atoms with Crippen LogP contribution in [-0.4, -0.2) is 49.7 Å². The van der Waals surface area contributed by atoms with E-state index in [2.05, 4.69) is 10.2 Å². The van der Waals surface area contributed by atoms with Crippen molar-refractivity contribution in [1.82, 2.24) is 10.2 Å². The van der Waals surface area contributed by atoms with Gasteiger partial charge in [-0.2, -0.15) is 0 Å². The molecule has 1 saturated heterocycles. The SMILES string of the molecule is CCO[C@@H]1CN(C)C[C@H]1NC(=O)CCc1ccccc1Cl. The molecule has 0 aliphatic carbocycles. The van der Waals surface area contributed by atoms with Crippen LogP contribution in [0.2, 0.25) is 5.02 Å². The third-order valence-corrected chi connectivity index (χ3v) is 4.12.